The highest BCUT2D eigenvalue weighted by molar-refractivity contribution is 9.10. The van der Waals surface area contributed by atoms with Crippen molar-refractivity contribution in [2.45, 2.75) is 33.3 Å². The third-order valence-electron chi connectivity index (χ3n) is 6.44. The van der Waals surface area contributed by atoms with E-state index in [1.54, 1.807) is 42.5 Å². The van der Waals surface area contributed by atoms with Crippen LogP contribution in [-0.4, -0.2) is 31.3 Å². The molecule has 6 nitrogen and oxygen atoms in total. The van der Waals surface area contributed by atoms with Crippen LogP contribution in [0.3, 0.4) is 0 Å². The van der Waals surface area contributed by atoms with Crippen LogP contribution in [0.5, 0.6) is 5.75 Å². The molecule has 0 saturated heterocycles. The van der Waals surface area contributed by atoms with E-state index in [4.69, 9.17) is 14.2 Å². The fraction of sp³-hybridized carbons (Fsp3) is 0.321. The fourth-order valence-corrected chi connectivity index (χ4v) is 4.76. The van der Waals surface area contributed by atoms with E-state index in [9.17, 15) is 14.4 Å². The monoisotopic (exact) mass is 538 g/mol. The van der Waals surface area contributed by atoms with E-state index in [2.05, 4.69) is 15.9 Å². The van der Waals surface area contributed by atoms with Crippen LogP contribution in [0.15, 0.2) is 64.2 Å². The first-order valence-corrected chi connectivity index (χ1v) is 12.3. The van der Waals surface area contributed by atoms with Crippen LogP contribution < -0.4 is 4.74 Å². The van der Waals surface area contributed by atoms with Gasteiger partial charge in [-0.05, 0) is 55.2 Å². The van der Waals surface area contributed by atoms with Gasteiger partial charge in [-0.2, -0.15) is 0 Å². The van der Waals surface area contributed by atoms with Gasteiger partial charge in [0.15, 0.2) is 11.6 Å². The summed E-state index contributed by atoms with van der Waals surface area (Å²) in [5, 5.41) is 0. The average Bonchev–Trinajstić information content (AvgIpc) is 2.85. The predicted octanol–water partition coefficient (Wildman–Crippen LogP) is 5.69. The van der Waals surface area contributed by atoms with Crippen LogP contribution in [0.4, 0.5) is 0 Å². The van der Waals surface area contributed by atoms with Crippen molar-refractivity contribution in [3.05, 3.63) is 80.8 Å². The van der Waals surface area contributed by atoms with Gasteiger partial charge >= 0.3 is 5.97 Å². The molecule has 0 aromatic heterocycles. The lowest BCUT2D eigenvalue weighted by molar-refractivity contribution is -0.128. The zero-order valence-electron chi connectivity index (χ0n) is 19.9. The Morgan fingerprint density at radius 3 is 2.60 bits per heavy atom. The molecule has 1 aliphatic carbocycles. The minimum Gasteiger partial charge on any atom is -0.495 e. The van der Waals surface area contributed by atoms with Crippen molar-refractivity contribution >= 4 is 39.2 Å². The van der Waals surface area contributed by atoms with Gasteiger partial charge < -0.3 is 14.2 Å². The third-order valence-corrected chi connectivity index (χ3v) is 6.97. The van der Waals surface area contributed by atoms with Crippen molar-refractivity contribution < 1.29 is 28.6 Å². The summed E-state index contributed by atoms with van der Waals surface area (Å²) >= 11 is 3.35. The lowest BCUT2D eigenvalue weighted by Gasteiger charge is -2.29. The van der Waals surface area contributed by atoms with Crippen molar-refractivity contribution in [2.24, 2.45) is 11.8 Å². The van der Waals surface area contributed by atoms with E-state index < -0.39 is 5.97 Å². The maximum Gasteiger partial charge on any atom is 0.338 e. The second-order valence-corrected chi connectivity index (χ2v) is 9.85. The quantitative estimate of drug-likeness (QED) is 0.282. The van der Waals surface area contributed by atoms with Crippen molar-refractivity contribution in [1.29, 1.82) is 0 Å². The number of esters is 1. The van der Waals surface area contributed by atoms with E-state index in [0.29, 0.717) is 35.5 Å². The molecule has 2 aliphatic rings. The number of halogens is 1. The molecule has 0 amide bonds. The Hall–Kier alpha value is -3.19. The van der Waals surface area contributed by atoms with E-state index in [0.717, 1.165) is 10.0 Å². The largest absolute Gasteiger partial charge is 0.495 e. The number of methoxy groups -OCH3 is 1. The molecule has 1 fully saturated rings. The molecule has 7 heteroatoms. The Bertz CT molecular complexity index is 1220. The molecule has 2 aromatic rings. The molecule has 0 N–H and O–H groups in total. The molecule has 1 heterocycles. The first kappa shape index (κ1) is 24.9. The lowest BCUT2D eigenvalue weighted by Crippen LogP contribution is -2.35. The Labute approximate surface area is 213 Å². The molecule has 0 spiro atoms. The van der Waals surface area contributed by atoms with Crippen molar-refractivity contribution in [1.82, 2.24) is 0 Å². The first-order valence-electron chi connectivity index (χ1n) is 11.5. The number of rotatable bonds is 4. The smallest absolute Gasteiger partial charge is 0.338 e. The summed E-state index contributed by atoms with van der Waals surface area (Å²) in [6.07, 6.45) is 2.81. The molecule has 2 bridgehead atoms. The number of carbonyl (C=O) groups excluding carboxylic acids is 3. The number of allylic oxidation sites excluding steroid dienone is 2. The Balaban J connectivity index is 1.79. The molecule has 0 unspecified atom stereocenters. The van der Waals surface area contributed by atoms with Gasteiger partial charge in [-0.3, -0.25) is 9.59 Å². The summed E-state index contributed by atoms with van der Waals surface area (Å²) in [6, 6.07) is 12.2. The van der Waals surface area contributed by atoms with E-state index >= 15 is 0 Å². The summed E-state index contributed by atoms with van der Waals surface area (Å²) in [7, 11) is 1.44. The van der Waals surface area contributed by atoms with Crippen LogP contribution in [0.25, 0.3) is 5.76 Å². The molecule has 2 atom stereocenters. The normalized spacial score (nSPS) is 23.8. The fourth-order valence-electron chi connectivity index (χ4n) is 4.49. The zero-order valence-corrected chi connectivity index (χ0v) is 21.5. The van der Waals surface area contributed by atoms with Crippen LogP contribution in [0.2, 0.25) is 0 Å². The number of benzene rings is 2. The van der Waals surface area contributed by atoms with Gasteiger partial charge in [-0.15, -0.1) is 0 Å². The molecule has 4 rings (SSSR count). The molecule has 1 aliphatic heterocycles. The number of carbonyl (C=O) groups is 3. The Morgan fingerprint density at radius 1 is 1.14 bits per heavy atom. The van der Waals surface area contributed by atoms with Gasteiger partial charge in [0.1, 0.15) is 30.3 Å². The van der Waals surface area contributed by atoms with E-state index in [1.807, 2.05) is 19.9 Å². The molecular formula is C28H27BrO6. The number of ketones is 2. The van der Waals surface area contributed by atoms with Gasteiger partial charge in [0.2, 0.25) is 0 Å². The van der Waals surface area contributed by atoms with E-state index in [-0.39, 0.29) is 47.8 Å². The first-order chi connectivity index (χ1) is 16.8. The zero-order chi connectivity index (χ0) is 25.1. The topological polar surface area (TPSA) is 78.9 Å². The highest BCUT2D eigenvalue weighted by Gasteiger charge is 2.40. The van der Waals surface area contributed by atoms with Crippen LogP contribution in [-0.2, 0) is 25.7 Å². The summed E-state index contributed by atoms with van der Waals surface area (Å²) < 4.78 is 18.3. The summed E-state index contributed by atoms with van der Waals surface area (Å²) in [6.45, 7) is 4.13. The molecule has 0 radical (unpaired) electrons. The van der Waals surface area contributed by atoms with Gasteiger partial charge in [0.05, 0.1) is 18.2 Å². The number of hydrogen-bond acceptors (Lipinski definition) is 6. The number of fused-ring (bicyclic) bond motifs is 3. The van der Waals surface area contributed by atoms with Crippen molar-refractivity contribution in [3.8, 4) is 5.75 Å². The molecule has 2 aromatic carbocycles. The average molecular weight is 539 g/mol. The summed E-state index contributed by atoms with van der Waals surface area (Å²) in [4.78, 5) is 39.3. The summed E-state index contributed by atoms with van der Waals surface area (Å²) in [5.74, 6) is -0.710. The Kier molecular flexibility index (Phi) is 7.55. The molecule has 1 saturated carbocycles. The SMILES string of the molecule is CO/C1=C2\C(=O)C[C@@H](C)[C@H](C/C=C(\C)COc3cccc(COC(=O)c4ccc(Br)cc4)c31)C2=O. The second kappa shape index (κ2) is 10.6. The minimum atomic E-state index is -0.489. The van der Waals surface area contributed by atoms with Crippen LogP contribution in [0.1, 0.15) is 48.2 Å². The highest BCUT2D eigenvalue weighted by Crippen LogP contribution is 2.39. The van der Waals surface area contributed by atoms with Crippen LogP contribution >= 0.6 is 15.9 Å². The maximum atomic E-state index is 13.5. The number of hydrogen-bond donors (Lipinski definition) is 0. The summed E-state index contributed by atoms with van der Waals surface area (Å²) in [5.41, 5.74) is 2.49. The van der Waals surface area contributed by atoms with Gasteiger partial charge in [0, 0.05) is 22.4 Å². The predicted molar refractivity (Wildman–Crippen MR) is 135 cm³/mol. The van der Waals surface area contributed by atoms with Gasteiger partial charge in [-0.25, -0.2) is 4.79 Å². The van der Waals surface area contributed by atoms with Gasteiger partial charge in [-0.1, -0.05) is 41.1 Å². The third kappa shape index (κ3) is 5.25. The lowest BCUT2D eigenvalue weighted by atomic mass is 9.73. The standard InChI is InChI=1S/C28H27BrO6/c1-16-7-12-21-17(2)13-22(30)25(26(21)31)27(33-3)24-19(5-4-6-23(24)34-14-16)15-35-28(32)18-8-10-20(29)11-9-18/h4-11,17,21H,12-15H2,1-3H3/b16-7+,27-25+/t17-,21+/m1/s1. The highest BCUT2D eigenvalue weighted by atomic mass is 79.9. The number of Topliss-reactive ketones (excluding diaryl/α,β-unsaturated/α-hetero) is 2. The minimum absolute atomic E-state index is 0.0556. The Morgan fingerprint density at radius 2 is 1.89 bits per heavy atom. The second-order valence-electron chi connectivity index (χ2n) is 8.93. The molecule has 182 valence electrons. The van der Waals surface area contributed by atoms with Gasteiger partial charge in [0.25, 0.3) is 0 Å². The van der Waals surface area contributed by atoms with Crippen molar-refractivity contribution in [2.75, 3.05) is 13.7 Å². The molecule has 35 heavy (non-hydrogen) atoms. The van der Waals surface area contributed by atoms with E-state index in [1.165, 1.54) is 7.11 Å². The van der Waals surface area contributed by atoms with Crippen LogP contribution in [0, 0.1) is 11.8 Å². The maximum absolute atomic E-state index is 13.5. The van der Waals surface area contributed by atoms with Crippen molar-refractivity contribution in [3.63, 3.8) is 0 Å². The molecular weight excluding hydrogens is 512 g/mol. The number of ether oxygens (including phenoxy) is 3.